The number of benzene rings is 1. The molecule has 2 amide bonds. The fraction of sp³-hybridized carbons (Fsp3) is 0.600. The fourth-order valence-corrected chi connectivity index (χ4v) is 5.04. The number of piperidine rings is 1. The van der Waals surface area contributed by atoms with Gasteiger partial charge >= 0.3 is 6.09 Å². The third kappa shape index (κ3) is 3.40. The molecule has 0 bridgehead atoms. The third-order valence-corrected chi connectivity index (χ3v) is 6.45. The van der Waals surface area contributed by atoms with Crippen molar-refractivity contribution in [2.75, 3.05) is 26.2 Å². The van der Waals surface area contributed by atoms with E-state index in [1.807, 2.05) is 11.8 Å². The zero-order chi connectivity index (χ0) is 19.1. The lowest BCUT2D eigenvalue weighted by molar-refractivity contribution is -0.131. The summed E-state index contributed by atoms with van der Waals surface area (Å²) >= 11 is 0. The van der Waals surface area contributed by atoms with Crippen LogP contribution in [0.15, 0.2) is 18.2 Å². The minimum absolute atomic E-state index is 0.259. The van der Waals surface area contributed by atoms with Crippen LogP contribution in [0.4, 0.5) is 9.18 Å². The van der Waals surface area contributed by atoms with Gasteiger partial charge in [0.15, 0.2) is 0 Å². The quantitative estimate of drug-likeness (QED) is 0.863. The molecular formula is C20H26FN3O3. The van der Waals surface area contributed by atoms with Crippen molar-refractivity contribution in [2.45, 2.75) is 50.7 Å². The summed E-state index contributed by atoms with van der Waals surface area (Å²) < 4.78 is 13.5. The largest absolute Gasteiger partial charge is 0.465 e. The summed E-state index contributed by atoms with van der Waals surface area (Å²) in [5.41, 5.74) is 1.68. The average Bonchev–Trinajstić information content (AvgIpc) is 3.01. The Labute approximate surface area is 158 Å². The van der Waals surface area contributed by atoms with E-state index >= 15 is 0 Å². The van der Waals surface area contributed by atoms with Gasteiger partial charge in [-0.05, 0) is 49.4 Å². The molecule has 3 heterocycles. The number of amides is 2. The van der Waals surface area contributed by atoms with Crippen LogP contribution in [0.3, 0.4) is 0 Å². The molecule has 0 unspecified atom stereocenters. The van der Waals surface area contributed by atoms with E-state index in [9.17, 15) is 19.1 Å². The summed E-state index contributed by atoms with van der Waals surface area (Å²) in [6, 6.07) is 4.94. The Morgan fingerprint density at radius 1 is 1.19 bits per heavy atom. The third-order valence-electron chi connectivity index (χ3n) is 6.45. The molecule has 0 aliphatic carbocycles. The average molecular weight is 375 g/mol. The van der Waals surface area contributed by atoms with E-state index in [0.29, 0.717) is 25.4 Å². The Balaban J connectivity index is 1.53. The summed E-state index contributed by atoms with van der Waals surface area (Å²) in [5, 5.41) is 9.66. The van der Waals surface area contributed by atoms with E-state index in [4.69, 9.17) is 0 Å². The number of rotatable bonds is 2. The molecule has 7 heteroatoms. The van der Waals surface area contributed by atoms with Crippen LogP contribution < -0.4 is 0 Å². The first-order chi connectivity index (χ1) is 12.9. The number of hydrogen-bond acceptors (Lipinski definition) is 3. The molecule has 4 rings (SSSR count). The molecule has 27 heavy (non-hydrogen) atoms. The Bertz CT molecular complexity index is 756. The molecule has 3 aliphatic rings. The van der Waals surface area contributed by atoms with Gasteiger partial charge in [-0.1, -0.05) is 6.07 Å². The van der Waals surface area contributed by atoms with Crippen molar-refractivity contribution in [2.24, 2.45) is 0 Å². The van der Waals surface area contributed by atoms with E-state index < -0.39 is 6.09 Å². The fourth-order valence-electron chi connectivity index (χ4n) is 5.04. The van der Waals surface area contributed by atoms with Crippen molar-refractivity contribution in [3.63, 3.8) is 0 Å². The maximum atomic E-state index is 13.5. The van der Waals surface area contributed by atoms with Gasteiger partial charge in [0.2, 0.25) is 5.91 Å². The number of carboxylic acid groups (broad SMARTS) is 1. The molecule has 0 aromatic heterocycles. The van der Waals surface area contributed by atoms with Crippen molar-refractivity contribution >= 4 is 12.0 Å². The van der Waals surface area contributed by atoms with Gasteiger partial charge in [0.25, 0.3) is 0 Å². The number of nitrogens with zero attached hydrogens (tertiary/aromatic N) is 3. The van der Waals surface area contributed by atoms with Gasteiger partial charge in [-0.25, -0.2) is 9.18 Å². The minimum Gasteiger partial charge on any atom is -0.465 e. The Morgan fingerprint density at radius 2 is 2.00 bits per heavy atom. The van der Waals surface area contributed by atoms with E-state index in [1.54, 1.807) is 6.07 Å². The lowest BCUT2D eigenvalue weighted by Crippen LogP contribution is -2.57. The molecule has 3 saturated heterocycles. The Hall–Kier alpha value is -2.15. The molecule has 0 spiro atoms. The van der Waals surface area contributed by atoms with Gasteiger partial charge in [-0.15, -0.1) is 0 Å². The van der Waals surface area contributed by atoms with Crippen molar-refractivity contribution in [3.8, 4) is 0 Å². The zero-order valence-corrected chi connectivity index (χ0v) is 15.6. The van der Waals surface area contributed by atoms with Gasteiger partial charge < -0.3 is 14.9 Å². The predicted octanol–water partition coefficient (Wildman–Crippen LogP) is 2.62. The molecule has 3 fully saturated rings. The molecule has 0 radical (unpaired) electrons. The number of halogens is 1. The van der Waals surface area contributed by atoms with Crippen molar-refractivity contribution in [1.29, 1.82) is 0 Å². The predicted molar refractivity (Wildman–Crippen MR) is 97.9 cm³/mol. The standard InChI is InChI=1S/C20H26FN3O3/c1-13-10-14(21)2-4-17(13)18-11-15(6-7-24(18)20(26)27)22-8-9-23-16(12-22)3-5-19(23)25/h2,4,10,15-16,18H,3,5-9,11-12H2,1H3,(H,26,27)/t15-,16-,18+/m0/s1. The first kappa shape index (κ1) is 18.2. The van der Waals surface area contributed by atoms with E-state index in [1.165, 1.54) is 17.0 Å². The van der Waals surface area contributed by atoms with Crippen LogP contribution in [0, 0.1) is 12.7 Å². The second-order valence-electron chi connectivity index (χ2n) is 7.95. The van der Waals surface area contributed by atoms with Crippen molar-refractivity contribution in [3.05, 3.63) is 35.1 Å². The normalized spacial score (nSPS) is 29.1. The maximum absolute atomic E-state index is 13.5. The number of piperazine rings is 1. The Kier molecular flexibility index (Phi) is 4.80. The first-order valence-corrected chi connectivity index (χ1v) is 9.73. The van der Waals surface area contributed by atoms with Crippen LogP contribution in [0.2, 0.25) is 0 Å². The highest BCUT2D eigenvalue weighted by Crippen LogP contribution is 2.36. The molecule has 1 N–H and O–H groups in total. The van der Waals surface area contributed by atoms with Crippen LogP contribution in [0.1, 0.15) is 42.9 Å². The second kappa shape index (κ2) is 7.11. The highest BCUT2D eigenvalue weighted by Gasteiger charge is 2.41. The van der Waals surface area contributed by atoms with Gasteiger partial charge in [0.1, 0.15) is 5.82 Å². The van der Waals surface area contributed by atoms with Crippen LogP contribution in [-0.4, -0.2) is 70.1 Å². The van der Waals surface area contributed by atoms with E-state index in [2.05, 4.69) is 4.90 Å². The number of carbonyl (C=O) groups is 2. The number of hydrogen-bond donors (Lipinski definition) is 1. The van der Waals surface area contributed by atoms with Crippen LogP contribution >= 0.6 is 0 Å². The van der Waals surface area contributed by atoms with E-state index in [-0.39, 0.29) is 23.8 Å². The summed E-state index contributed by atoms with van der Waals surface area (Å²) in [4.78, 5) is 29.6. The molecule has 3 aliphatic heterocycles. The van der Waals surface area contributed by atoms with Gasteiger partial charge in [-0.3, -0.25) is 9.69 Å². The van der Waals surface area contributed by atoms with Gasteiger partial charge in [0.05, 0.1) is 6.04 Å². The number of fused-ring (bicyclic) bond motifs is 1. The van der Waals surface area contributed by atoms with Crippen LogP contribution in [-0.2, 0) is 4.79 Å². The summed E-state index contributed by atoms with van der Waals surface area (Å²) in [6.45, 7) is 4.80. The molecule has 146 valence electrons. The van der Waals surface area contributed by atoms with Crippen molar-refractivity contribution < 1.29 is 19.1 Å². The SMILES string of the molecule is Cc1cc(F)ccc1[C@H]1C[C@@H](N2CCN3C(=O)CC[C@H]3C2)CCN1C(=O)O. The van der Waals surface area contributed by atoms with Gasteiger partial charge in [0, 0.05) is 44.7 Å². The second-order valence-corrected chi connectivity index (χ2v) is 7.95. The molecular weight excluding hydrogens is 349 g/mol. The maximum Gasteiger partial charge on any atom is 0.407 e. The lowest BCUT2D eigenvalue weighted by Gasteiger charge is -2.46. The molecule has 0 saturated carbocycles. The van der Waals surface area contributed by atoms with Crippen LogP contribution in [0.25, 0.3) is 0 Å². The van der Waals surface area contributed by atoms with Crippen LogP contribution in [0.5, 0.6) is 0 Å². The lowest BCUT2D eigenvalue weighted by atomic mass is 9.88. The summed E-state index contributed by atoms with van der Waals surface area (Å²) in [5.74, 6) is -0.0346. The summed E-state index contributed by atoms with van der Waals surface area (Å²) in [6.07, 6.45) is 2.15. The van der Waals surface area contributed by atoms with Crippen molar-refractivity contribution in [1.82, 2.24) is 14.7 Å². The molecule has 3 atom stereocenters. The summed E-state index contributed by atoms with van der Waals surface area (Å²) in [7, 11) is 0. The molecule has 1 aromatic rings. The first-order valence-electron chi connectivity index (χ1n) is 9.73. The van der Waals surface area contributed by atoms with Gasteiger partial charge in [-0.2, -0.15) is 0 Å². The number of likely N-dealkylation sites (tertiary alicyclic amines) is 1. The van der Waals surface area contributed by atoms with E-state index in [0.717, 1.165) is 43.6 Å². The highest BCUT2D eigenvalue weighted by atomic mass is 19.1. The zero-order valence-electron chi connectivity index (χ0n) is 15.6. The highest BCUT2D eigenvalue weighted by molar-refractivity contribution is 5.79. The topological polar surface area (TPSA) is 64.1 Å². The minimum atomic E-state index is -0.923. The number of aryl methyl sites for hydroxylation is 1. The monoisotopic (exact) mass is 375 g/mol. The molecule has 6 nitrogen and oxygen atoms in total. The molecule has 1 aromatic carbocycles. The smallest absolute Gasteiger partial charge is 0.407 e. The Morgan fingerprint density at radius 3 is 2.74 bits per heavy atom. The number of carbonyl (C=O) groups excluding carboxylic acids is 1.